The number of piperidine rings is 1. The molecule has 2 aliphatic heterocycles. The fraction of sp³-hybridized carbons (Fsp3) is 0.346. The molecular formula is C26H27N3O5. The molecule has 2 aliphatic rings. The molecular weight excluding hydrogens is 434 g/mol. The largest absolute Gasteiger partial charge is 0.443 e. The molecule has 3 aromatic rings. The van der Waals surface area contributed by atoms with E-state index in [1.165, 1.54) is 6.39 Å². The van der Waals surface area contributed by atoms with Crippen molar-refractivity contribution in [2.24, 2.45) is 0 Å². The maximum absolute atomic E-state index is 13.6. The number of carbonyl (C=O) groups is 2. The number of anilines is 1. The zero-order valence-electron chi connectivity index (χ0n) is 19.1. The summed E-state index contributed by atoms with van der Waals surface area (Å²) in [7, 11) is 0. The van der Waals surface area contributed by atoms with E-state index in [0.29, 0.717) is 62.6 Å². The van der Waals surface area contributed by atoms with Crippen molar-refractivity contribution in [2.45, 2.75) is 25.6 Å². The number of para-hydroxylation sites is 1. The average molecular weight is 462 g/mol. The van der Waals surface area contributed by atoms with Gasteiger partial charge >= 0.3 is 0 Å². The highest BCUT2D eigenvalue weighted by molar-refractivity contribution is 6.11. The zero-order valence-corrected chi connectivity index (χ0v) is 19.1. The van der Waals surface area contributed by atoms with E-state index >= 15 is 0 Å². The molecule has 176 valence electrons. The minimum absolute atomic E-state index is 0.172. The predicted molar refractivity (Wildman–Crippen MR) is 126 cm³/mol. The van der Waals surface area contributed by atoms with Crippen molar-refractivity contribution in [1.29, 1.82) is 0 Å². The first-order valence-corrected chi connectivity index (χ1v) is 11.6. The molecule has 5 rings (SSSR count). The molecule has 8 heteroatoms. The van der Waals surface area contributed by atoms with Gasteiger partial charge in [0.2, 0.25) is 0 Å². The highest BCUT2D eigenvalue weighted by atomic mass is 16.7. The van der Waals surface area contributed by atoms with Gasteiger partial charge < -0.3 is 23.7 Å². The van der Waals surface area contributed by atoms with Crippen LogP contribution in [0.2, 0.25) is 0 Å². The Morgan fingerprint density at radius 1 is 1.00 bits per heavy atom. The number of ether oxygens (including phenoxy) is 2. The molecule has 3 heterocycles. The van der Waals surface area contributed by atoms with Crippen LogP contribution in [-0.2, 0) is 9.47 Å². The summed E-state index contributed by atoms with van der Waals surface area (Å²) in [6.45, 7) is 4.61. The summed E-state index contributed by atoms with van der Waals surface area (Å²) in [5, 5.41) is 0. The molecule has 1 aromatic heterocycles. The molecule has 0 saturated carbocycles. The Morgan fingerprint density at radius 3 is 2.38 bits per heavy atom. The summed E-state index contributed by atoms with van der Waals surface area (Å²) in [6, 6.07) is 16.7. The Hall–Kier alpha value is -3.49. The van der Waals surface area contributed by atoms with Crippen molar-refractivity contribution in [3.8, 4) is 11.3 Å². The van der Waals surface area contributed by atoms with E-state index < -0.39 is 5.79 Å². The number of oxazole rings is 1. The summed E-state index contributed by atoms with van der Waals surface area (Å²) in [4.78, 5) is 34.6. The van der Waals surface area contributed by atoms with Crippen molar-refractivity contribution in [3.05, 3.63) is 72.2 Å². The van der Waals surface area contributed by atoms with Gasteiger partial charge in [-0.2, -0.15) is 0 Å². The number of aromatic nitrogens is 1. The van der Waals surface area contributed by atoms with Gasteiger partial charge in [0.25, 0.3) is 11.8 Å². The summed E-state index contributed by atoms with van der Waals surface area (Å²) in [5.74, 6) is -0.667. The number of hydrogen-bond donors (Lipinski definition) is 0. The van der Waals surface area contributed by atoms with Crippen LogP contribution in [0.15, 0.2) is 65.4 Å². The molecule has 8 nitrogen and oxygen atoms in total. The first kappa shape index (κ1) is 22.3. The Balaban J connectivity index is 1.42. The van der Waals surface area contributed by atoms with Gasteiger partial charge in [0, 0.05) is 43.7 Å². The Labute approximate surface area is 198 Å². The molecule has 0 bridgehead atoms. The van der Waals surface area contributed by atoms with Gasteiger partial charge in [0.15, 0.2) is 23.6 Å². The number of hydrogen-bond acceptors (Lipinski definition) is 6. The number of likely N-dealkylation sites (tertiary alicyclic amines) is 1. The molecule has 2 saturated heterocycles. The van der Waals surface area contributed by atoms with E-state index in [0.717, 1.165) is 5.69 Å². The lowest BCUT2D eigenvalue weighted by molar-refractivity contribution is -0.181. The number of benzene rings is 2. The van der Waals surface area contributed by atoms with Crippen LogP contribution in [0.5, 0.6) is 0 Å². The predicted octanol–water partition coefficient (Wildman–Crippen LogP) is 3.99. The molecule has 34 heavy (non-hydrogen) atoms. The SMILES string of the molecule is CCN(C(=O)c1ccccc1-c1ocnc1C(=O)N1CCC2(CC1)OCCO2)c1ccccc1. The van der Waals surface area contributed by atoms with Crippen molar-refractivity contribution in [2.75, 3.05) is 37.7 Å². The zero-order chi connectivity index (χ0) is 23.5. The molecule has 0 radical (unpaired) electrons. The summed E-state index contributed by atoms with van der Waals surface area (Å²) < 4.78 is 17.2. The van der Waals surface area contributed by atoms with E-state index in [1.54, 1.807) is 28.0 Å². The summed E-state index contributed by atoms with van der Waals surface area (Å²) in [5.41, 5.74) is 1.99. The standard InChI is InChI=1S/C26H27N3O5/c1-2-29(19-8-4-3-5-9-19)24(30)21-11-7-6-10-20(21)23-22(27-18-32-23)25(31)28-14-12-26(13-15-28)33-16-17-34-26/h3-11,18H,2,12-17H2,1H3. The van der Waals surface area contributed by atoms with Crippen LogP contribution >= 0.6 is 0 Å². The van der Waals surface area contributed by atoms with E-state index in [9.17, 15) is 9.59 Å². The highest BCUT2D eigenvalue weighted by Crippen LogP contribution is 2.34. The van der Waals surface area contributed by atoms with Gasteiger partial charge in [-0.3, -0.25) is 9.59 Å². The second-order valence-electron chi connectivity index (χ2n) is 8.36. The fourth-order valence-corrected chi connectivity index (χ4v) is 4.64. The number of nitrogens with zero attached hydrogens (tertiary/aromatic N) is 3. The first-order chi connectivity index (χ1) is 16.6. The molecule has 0 unspecified atom stereocenters. The van der Waals surface area contributed by atoms with Crippen LogP contribution in [0, 0.1) is 0 Å². The Morgan fingerprint density at radius 2 is 1.68 bits per heavy atom. The van der Waals surface area contributed by atoms with Gasteiger partial charge in [0.05, 0.1) is 18.8 Å². The van der Waals surface area contributed by atoms with Gasteiger partial charge in [-0.25, -0.2) is 4.98 Å². The first-order valence-electron chi connectivity index (χ1n) is 11.6. The molecule has 1 spiro atoms. The fourth-order valence-electron chi connectivity index (χ4n) is 4.64. The minimum atomic E-state index is -0.566. The summed E-state index contributed by atoms with van der Waals surface area (Å²) in [6.07, 6.45) is 2.49. The molecule has 2 fully saturated rings. The molecule has 0 atom stereocenters. The monoisotopic (exact) mass is 461 g/mol. The number of carbonyl (C=O) groups excluding carboxylic acids is 2. The minimum Gasteiger partial charge on any atom is -0.443 e. The molecule has 2 aromatic carbocycles. The number of rotatable bonds is 5. The van der Waals surface area contributed by atoms with Crippen molar-refractivity contribution < 1.29 is 23.5 Å². The smallest absolute Gasteiger partial charge is 0.276 e. The van der Waals surface area contributed by atoms with E-state index in [2.05, 4.69) is 4.98 Å². The molecule has 2 amide bonds. The molecule has 0 aliphatic carbocycles. The number of amides is 2. The lowest BCUT2D eigenvalue weighted by atomic mass is 10.0. The van der Waals surface area contributed by atoms with Gasteiger partial charge in [-0.15, -0.1) is 0 Å². The lowest BCUT2D eigenvalue weighted by Crippen LogP contribution is -2.47. The van der Waals surface area contributed by atoms with E-state index in [4.69, 9.17) is 13.9 Å². The Bertz CT molecular complexity index is 1160. The van der Waals surface area contributed by atoms with Crippen LogP contribution in [0.3, 0.4) is 0 Å². The van der Waals surface area contributed by atoms with Crippen LogP contribution < -0.4 is 4.90 Å². The van der Waals surface area contributed by atoms with Gasteiger partial charge in [-0.05, 0) is 25.1 Å². The third kappa shape index (κ3) is 4.10. The van der Waals surface area contributed by atoms with Crippen molar-refractivity contribution in [3.63, 3.8) is 0 Å². The Kier molecular flexibility index (Phi) is 6.17. The van der Waals surface area contributed by atoms with Crippen LogP contribution in [0.1, 0.15) is 40.6 Å². The van der Waals surface area contributed by atoms with Gasteiger partial charge in [0.1, 0.15) is 0 Å². The van der Waals surface area contributed by atoms with Crippen LogP contribution in [0.4, 0.5) is 5.69 Å². The normalized spacial score (nSPS) is 17.1. The van der Waals surface area contributed by atoms with Crippen molar-refractivity contribution in [1.82, 2.24) is 9.88 Å². The molecule has 0 N–H and O–H groups in total. The average Bonchev–Trinajstić information content (AvgIpc) is 3.55. The summed E-state index contributed by atoms with van der Waals surface area (Å²) >= 11 is 0. The van der Waals surface area contributed by atoms with E-state index in [1.807, 2.05) is 43.3 Å². The lowest BCUT2D eigenvalue weighted by Gasteiger charge is -2.37. The van der Waals surface area contributed by atoms with Crippen LogP contribution in [0.25, 0.3) is 11.3 Å². The highest BCUT2D eigenvalue weighted by Gasteiger charge is 2.41. The third-order valence-corrected chi connectivity index (χ3v) is 6.43. The second-order valence-corrected chi connectivity index (χ2v) is 8.36. The third-order valence-electron chi connectivity index (χ3n) is 6.43. The maximum Gasteiger partial charge on any atom is 0.276 e. The maximum atomic E-state index is 13.6. The van der Waals surface area contributed by atoms with Crippen LogP contribution in [-0.4, -0.2) is 60.3 Å². The quantitative estimate of drug-likeness (QED) is 0.571. The van der Waals surface area contributed by atoms with Crippen molar-refractivity contribution >= 4 is 17.5 Å². The topological polar surface area (TPSA) is 85.1 Å². The van der Waals surface area contributed by atoms with Gasteiger partial charge in [-0.1, -0.05) is 36.4 Å². The second kappa shape index (κ2) is 9.40. The van der Waals surface area contributed by atoms with E-state index in [-0.39, 0.29) is 17.5 Å².